The van der Waals surface area contributed by atoms with Crippen LogP contribution in [0.3, 0.4) is 0 Å². The summed E-state index contributed by atoms with van der Waals surface area (Å²) in [5.41, 5.74) is 6.87. The Labute approximate surface area is 182 Å². The van der Waals surface area contributed by atoms with Crippen molar-refractivity contribution in [3.05, 3.63) is 95.1 Å². The van der Waals surface area contributed by atoms with Crippen LogP contribution in [0.25, 0.3) is 0 Å². The van der Waals surface area contributed by atoms with Gasteiger partial charge in [0.05, 0.1) is 6.21 Å². The van der Waals surface area contributed by atoms with E-state index in [9.17, 15) is 9.59 Å². The average molecular weight is 415 g/mol. The molecule has 31 heavy (non-hydrogen) atoms. The zero-order valence-electron chi connectivity index (χ0n) is 17.6. The second-order valence-corrected chi connectivity index (χ2v) is 7.02. The van der Waals surface area contributed by atoms with Gasteiger partial charge in [-0.2, -0.15) is 5.10 Å². The number of nitrogens with one attached hydrogen (secondary N) is 2. The zero-order chi connectivity index (χ0) is 22.1. The lowest BCUT2D eigenvalue weighted by Crippen LogP contribution is -2.32. The Morgan fingerprint density at radius 1 is 0.903 bits per heavy atom. The van der Waals surface area contributed by atoms with Crippen LogP contribution in [0.1, 0.15) is 29.2 Å². The number of para-hydroxylation sites is 1. The number of rotatable bonds is 7. The molecule has 0 aromatic heterocycles. The van der Waals surface area contributed by atoms with Crippen LogP contribution in [-0.4, -0.2) is 18.0 Å². The van der Waals surface area contributed by atoms with Crippen molar-refractivity contribution >= 4 is 23.7 Å². The van der Waals surface area contributed by atoms with Gasteiger partial charge in [-0.1, -0.05) is 61.0 Å². The van der Waals surface area contributed by atoms with Crippen molar-refractivity contribution in [2.75, 3.05) is 5.32 Å². The van der Waals surface area contributed by atoms with Crippen LogP contribution < -0.4 is 15.5 Å². The molecule has 0 fully saturated rings. The monoisotopic (exact) mass is 415 g/mol. The highest BCUT2D eigenvalue weighted by Gasteiger charge is 2.12. The van der Waals surface area contributed by atoms with Crippen molar-refractivity contribution in [2.24, 2.45) is 5.10 Å². The highest BCUT2D eigenvalue weighted by Crippen LogP contribution is 2.18. The third kappa shape index (κ3) is 6.54. The van der Waals surface area contributed by atoms with Gasteiger partial charge in [0.2, 0.25) is 0 Å². The summed E-state index contributed by atoms with van der Waals surface area (Å²) in [6.45, 7) is 4.49. The van der Waals surface area contributed by atoms with E-state index in [1.54, 1.807) is 12.1 Å². The fourth-order valence-electron chi connectivity index (χ4n) is 2.79. The van der Waals surface area contributed by atoms with Gasteiger partial charge in [-0.15, -0.1) is 0 Å². The lowest BCUT2D eigenvalue weighted by atomic mass is 10.1. The number of hydrogen-bond donors (Lipinski definition) is 2. The van der Waals surface area contributed by atoms with E-state index in [4.69, 9.17) is 4.74 Å². The van der Waals surface area contributed by atoms with Crippen molar-refractivity contribution in [1.29, 1.82) is 0 Å². The SMILES string of the molecule is CCc1ccc(NC(=O)C(=O)N/N=C\c2ccccc2OCc2ccc(C)cc2)cc1. The van der Waals surface area contributed by atoms with E-state index >= 15 is 0 Å². The normalized spacial score (nSPS) is 10.6. The smallest absolute Gasteiger partial charge is 0.329 e. The fraction of sp³-hybridized carbons (Fsp3) is 0.160. The van der Waals surface area contributed by atoms with Crippen LogP contribution in [0, 0.1) is 6.92 Å². The van der Waals surface area contributed by atoms with Gasteiger partial charge < -0.3 is 10.1 Å². The highest BCUT2D eigenvalue weighted by atomic mass is 16.5. The topological polar surface area (TPSA) is 79.8 Å². The Kier molecular flexibility index (Phi) is 7.54. The third-order valence-corrected chi connectivity index (χ3v) is 4.63. The molecule has 0 spiro atoms. The fourth-order valence-corrected chi connectivity index (χ4v) is 2.79. The molecular formula is C25H25N3O3. The molecule has 0 aliphatic heterocycles. The van der Waals surface area contributed by atoms with Gasteiger partial charge in [0, 0.05) is 11.3 Å². The summed E-state index contributed by atoms with van der Waals surface area (Å²) in [4.78, 5) is 24.1. The van der Waals surface area contributed by atoms with E-state index in [-0.39, 0.29) is 0 Å². The van der Waals surface area contributed by atoms with E-state index in [2.05, 4.69) is 15.8 Å². The summed E-state index contributed by atoms with van der Waals surface area (Å²) in [6.07, 6.45) is 2.35. The van der Waals surface area contributed by atoms with Crippen LogP contribution >= 0.6 is 0 Å². The summed E-state index contributed by atoms with van der Waals surface area (Å²) in [5, 5.41) is 6.44. The number of aryl methyl sites for hydroxylation is 2. The number of benzene rings is 3. The van der Waals surface area contributed by atoms with Crippen LogP contribution in [0.15, 0.2) is 77.9 Å². The molecule has 3 aromatic carbocycles. The molecule has 0 atom stereocenters. The Bertz CT molecular complexity index is 1060. The number of carbonyl (C=O) groups excluding carboxylic acids is 2. The predicted molar refractivity (Wildman–Crippen MR) is 122 cm³/mol. The standard InChI is InChI=1S/C25H25N3O3/c1-3-19-12-14-22(15-13-19)27-24(29)25(30)28-26-16-21-6-4-5-7-23(21)31-17-20-10-8-18(2)9-11-20/h4-16H,3,17H2,1-2H3,(H,27,29)(H,28,30)/b26-16-. The molecule has 0 aliphatic carbocycles. The molecule has 0 saturated heterocycles. The molecule has 0 radical (unpaired) electrons. The second-order valence-electron chi connectivity index (χ2n) is 7.02. The lowest BCUT2D eigenvalue weighted by molar-refractivity contribution is -0.136. The maximum Gasteiger partial charge on any atom is 0.329 e. The minimum Gasteiger partial charge on any atom is -0.488 e. The molecule has 3 aromatic rings. The molecule has 0 heterocycles. The van der Waals surface area contributed by atoms with Crippen LogP contribution in [-0.2, 0) is 22.6 Å². The van der Waals surface area contributed by atoms with Crippen LogP contribution in [0.2, 0.25) is 0 Å². The Balaban J connectivity index is 1.55. The molecule has 2 amide bonds. The van der Waals surface area contributed by atoms with E-state index in [0.717, 1.165) is 17.5 Å². The maximum absolute atomic E-state index is 12.0. The minimum absolute atomic E-state index is 0.413. The first-order valence-corrected chi connectivity index (χ1v) is 10.1. The number of carbonyl (C=O) groups is 2. The minimum atomic E-state index is -0.853. The van der Waals surface area contributed by atoms with Crippen molar-refractivity contribution in [3.63, 3.8) is 0 Å². The number of amides is 2. The van der Waals surface area contributed by atoms with E-state index < -0.39 is 11.8 Å². The van der Waals surface area contributed by atoms with Gasteiger partial charge in [-0.3, -0.25) is 9.59 Å². The number of ether oxygens (including phenoxy) is 1. The number of hydrogen-bond acceptors (Lipinski definition) is 4. The largest absolute Gasteiger partial charge is 0.488 e. The van der Waals surface area contributed by atoms with E-state index in [1.165, 1.54) is 11.8 Å². The predicted octanol–water partition coefficient (Wildman–Crippen LogP) is 4.23. The number of hydrazone groups is 1. The summed E-state index contributed by atoms with van der Waals surface area (Å²) in [7, 11) is 0. The molecular weight excluding hydrogens is 390 g/mol. The van der Waals surface area contributed by atoms with Gasteiger partial charge in [0.25, 0.3) is 0 Å². The molecule has 158 valence electrons. The Morgan fingerprint density at radius 3 is 2.29 bits per heavy atom. The molecule has 3 rings (SSSR count). The Hall–Kier alpha value is -3.93. The van der Waals surface area contributed by atoms with Gasteiger partial charge in [-0.25, -0.2) is 5.43 Å². The second kappa shape index (κ2) is 10.7. The molecule has 6 nitrogen and oxygen atoms in total. The summed E-state index contributed by atoms with van der Waals surface area (Å²) >= 11 is 0. The molecule has 6 heteroatoms. The number of anilines is 1. The Morgan fingerprint density at radius 2 is 1.58 bits per heavy atom. The van der Waals surface area contributed by atoms with Crippen LogP contribution in [0.5, 0.6) is 5.75 Å². The summed E-state index contributed by atoms with van der Waals surface area (Å²) < 4.78 is 5.88. The van der Waals surface area contributed by atoms with Gasteiger partial charge in [-0.05, 0) is 48.7 Å². The molecule has 0 bridgehead atoms. The van der Waals surface area contributed by atoms with Gasteiger partial charge in [0.15, 0.2) is 0 Å². The average Bonchev–Trinajstić information content (AvgIpc) is 2.80. The van der Waals surface area contributed by atoms with Crippen molar-refractivity contribution < 1.29 is 14.3 Å². The summed E-state index contributed by atoms with van der Waals surface area (Å²) in [6, 6.07) is 22.8. The molecule has 0 saturated carbocycles. The quantitative estimate of drug-likeness (QED) is 0.344. The third-order valence-electron chi connectivity index (χ3n) is 4.63. The van der Waals surface area contributed by atoms with Crippen LogP contribution in [0.4, 0.5) is 5.69 Å². The highest BCUT2D eigenvalue weighted by molar-refractivity contribution is 6.39. The van der Waals surface area contributed by atoms with E-state index in [1.807, 2.05) is 74.5 Å². The van der Waals surface area contributed by atoms with Gasteiger partial charge >= 0.3 is 11.8 Å². The molecule has 2 N–H and O–H groups in total. The zero-order valence-corrected chi connectivity index (χ0v) is 17.6. The first-order chi connectivity index (χ1) is 15.0. The van der Waals surface area contributed by atoms with Crippen molar-refractivity contribution in [1.82, 2.24) is 5.43 Å². The first-order valence-electron chi connectivity index (χ1n) is 10.1. The van der Waals surface area contributed by atoms with Crippen molar-refractivity contribution in [3.8, 4) is 5.75 Å². The summed E-state index contributed by atoms with van der Waals surface area (Å²) in [5.74, 6) is -1.01. The maximum atomic E-state index is 12.0. The first kappa shape index (κ1) is 21.8. The molecule has 0 aliphatic rings. The van der Waals surface area contributed by atoms with Crippen molar-refractivity contribution in [2.45, 2.75) is 26.9 Å². The number of nitrogens with zero attached hydrogens (tertiary/aromatic N) is 1. The molecule has 0 unspecified atom stereocenters. The lowest BCUT2D eigenvalue weighted by Gasteiger charge is -2.09. The van der Waals surface area contributed by atoms with E-state index in [0.29, 0.717) is 23.6 Å². The van der Waals surface area contributed by atoms with Gasteiger partial charge in [0.1, 0.15) is 12.4 Å².